The predicted molar refractivity (Wildman–Crippen MR) is 105 cm³/mol. The van der Waals surface area contributed by atoms with Crippen LogP contribution in [0.2, 0.25) is 0 Å². The molecule has 3 N–H and O–H groups in total. The Kier molecular flexibility index (Phi) is 4.73. The highest BCUT2D eigenvalue weighted by Gasteiger charge is 2.49. The van der Waals surface area contributed by atoms with Crippen LogP contribution < -0.4 is 5.73 Å². The minimum atomic E-state index is -4.63. The summed E-state index contributed by atoms with van der Waals surface area (Å²) in [6, 6.07) is 1.54. The fourth-order valence-electron chi connectivity index (χ4n) is 4.89. The summed E-state index contributed by atoms with van der Waals surface area (Å²) in [6.45, 7) is 1.41. The first-order valence-corrected chi connectivity index (χ1v) is 10.1. The van der Waals surface area contributed by atoms with Crippen LogP contribution in [-0.2, 0) is 18.1 Å². The normalized spacial score (nSPS) is 22.2. The van der Waals surface area contributed by atoms with Gasteiger partial charge in [-0.05, 0) is 25.0 Å². The zero-order valence-corrected chi connectivity index (χ0v) is 16.8. The van der Waals surface area contributed by atoms with Crippen LogP contribution in [0.5, 0.6) is 0 Å². The van der Waals surface area contributed by atoms with Gasteiger partial charge in [0.1, 0.15) is 17.7 Å². The van der Waals surface area contributed by atoms with E-state index in [1.165, 1.54) is 18.6 Å². The monoisotopic (exact) mass is 453 g/mol. The van der Waals surface area contributed by atoms with Crippen molar-refractivity contribution in [3.05, 3.63) is 47.8 Å². The van der Waals surface area contributed by atoms with E-state index in [0.717, 1.165) is 18.2 Å². The van der Waals surface area contributed by atoms with Crippen molar-refractivity contribution in [1.82, 2.24) is 29.6 Å². The molecule has 0 radical (unpaired) electrons. The van der Waals surface area contributed by atoms with E-state index in [9.17, 15) is 22.0 Å². The Labute approximate surface area is 179 Å². The van der Waals surface area contributed by atoms with Crippen molar-refractivity contribution < 1.29 is 22.0 Å². The number of likely N-dealkylation sites (tertiary alicyclic amines) is 1. The average molecular weight is 453 g/mol. The highest BCUT2D eigenvalue weighted by atomic mass is 19.4. The number of nitrogens with two attached hydrogens (primary N) is 1. The van der Waals surface area contributed by atoms with Crippen LogP contribution in [-0.4, -0.2) is 49.1 Å². The molecule has 0 amide bonds. The maximum atomic E-state index is 13.8. The average Bonchev–Trinajstić information content (AvgIpc) is 3.49. The van der Waals surface area contributed by atoms with E-state index < -0.39 is 30.0 Å². The first-order valence-electron chi connectivity index (χ1n) is 10.1. The fourth-order valence-corrected chi connectivity index (χ4v) is 4.89. The summed E-state index contributed by atoms with van der Waals surface area (Å²) in [5, 5.41) is 4.47. The van der Waals surface area contributed by atoms with Crippen LogP contribution >= 0.6 is 0 Å². The summed E-state index contributed by atoms with van der Waals surface area (Å²) >= 11 is 0. The number of nitrogen functional groups attached to an aromatic ring is 1. The van der Waals surface area contributed by atoms with E-state index in [2.05, 4.69) is 20.1 Å². The number of hydrogen-bond acceptors (Lipinski definition) is 5. The summed E-state index contributed by atoms with van der Waals surface area (Å²) in [6.07, 6.45) is -1.63. The SMILES string of the molecule is Nc1ncc(-c2cc3n(n2)CC[C@@]32CCN(C(c3ncc[nH]3)C(F)F)C2)cc1C(F)(F)F. The Morgan fingerprint density at radius 2 is 1.91 bits per heavy atom. The van der Waals surface area contributed by atoms with E-state index >= 15 is 0 Å². The Morgan fingerprint density at radius 1 is 1.12 bits per heavy atom. The second-order valence-electron chi connectivity index (χ2n) is 8.30. The van der Waals surface area contributed by atoms with Crippen molar-refractivity contribution >= 4 is 5.82 Å². The number of aromatic amines is 1. The summed E-state index contributed by atoms with van der Waals surface area (Å²) < 4.78 is 69.1. The molecule has 0 aliphatic carbocycles. The van der Waals surface area contributed by atoms with Gasteiger partial charge >= 0.3 is 6.18 Å². The van der Waals surface area contributed by atoms with Crippen LogP contribution in [0.3, 0.4) is 0 Å². The minimum Gasteiger partial charge on any atom is -0.383 e. The second kappa shape index (κ2) is 7.26. The van der Waals surface area contributed by atoms with Gasteiger partial charge in [0.05, 0.1) is 11.3 Å². The lowest BCUT2D eigenvalue weighted by atomic mass is 9.82. The van der Waals surface area contributed by atoms with Gasteiger partial charge in [-0.3, -0.25) is 9.58 Å². The number of anilines is 1. The van der Waals surface area contributed by atoms with Crippen LogP contribution in [0.15, 0.2) is 30.7 Å². The van der Waals surface area contributed by atoms with Crippen LogP contribution in [0.4, 0.5) is 27.8 Å². The largest absolute Gasteiger partial charge is 0.419 e. The van der Waals surface area contributed by atoms with E-state index in [1.54, 1.807) is 15.6 Å². The molecule has 7 nitrogen and oxygen atoms in total. The number of H-pyrrole nitrogens is 1. The number of aromatic nitrogens is 5. The number of aryl methyl sites for hydroxylation is 1. The zero-order valence-electron chi connectivity index (χ0n) is 16.8. The lowest BCUT2D eigenvalue weighted by molar-refractivity contribution is -0.137. The van der Waals surface area contributed by atoms with Crippen LogP contribution in [0.25, 0.3) is 11.3 Å². The highest BCUT2D eigenvalue weighted by Crippen LogP contribution is 2.46. The molecule has 1 spiro atoms. The van der Waals surface area contributed by atoms with Crippen molar-refractivity contribution in [2.75, 3.05) is 18.8 Å². The molecule has 170 valence electrons. The molecule has 5 rings (SSSR count). The summed E-state index contributed by atoms with van der Waals surface area (Å²) in [4.78, 5) is 12.2. The van der Waals surface area contributed by atoms with Gasteiger partial charge in [-0.1, -0.05) is 0 Å². The number of rotatable bonds is 4. The third-order valence-corrected chi connectivity index (χ3v) is 6.46. The highest BCUT2D eigenvalue weighted by molar-refractivity contribution is 5.63. The van der Waals surface area contributed by atoms with Gasteiger partial charge in [0.15, 0.2) is 0 Å². The molecule has 2 atom stereocenters. The molecule has 2 aliphatic rings. The van der Waals surface area contributed by atoms with Crippen molar-refractivity contribution in [1.29, 1.82) is 0 Å². The van der Waals surface area contributed by atoms with Gasteiger partial charge in [0.2, 0.25) is 0 Å². The lowest BCUT2D eigenvalue weighted by Gasteiger charge is -2.28. The number of nitrogens with zero attached hydrogens (tertiary/aromatic N) is 5. The van der Waals surface area contributed by atoms with Gasteiger partial charge in [-0.15, -0.1) is 0 Å². The molecule has 32 heavy (non-hydrogen) atoms. The molecule has 2 aliphatic heterocycles. The van der Waals surface area contributed by atoms with E-state index in [1.807, 2.05) is 0 Å². The Morgan fingerprint density at radius 3 is 2.59 bits per heavy atom. The summed E-state index contributed by atoms with van der Waals surface area (Å²) in [7, 11) is 0. The van der Waals surface area contributed by atoms with Crippen LogP contribution in [0, 0.1) is 0 Å². The topological polar surface area (TPSA) is 88.7 Å². The molecule has 12 heteroatoms. The van der Waals surface area contributed by atoms with Crippen molar-refractivity contribution in [3.63, 3.8) is 0 Å². The first-order chi connectivity index (χ1) is 15.2. The fraction of sp³-hybridized carbons (Fsp3) is 0.450. The number of imidazole rings is 1. The van der Waals surface area contributed by atoms with E-state index in [4.69, 9.17) is 5.73 Å². The predicted octanol–water partition coefficient (Wildman–Crippen LogP) is 3.62. The molecule has 3 aromatic heterocycles. The maximum absolute atomic E-state index is 13.8. The molecule has 0 saturated carbocycles. The third-order valence-electron chi connectivity index (χ3n) is 6.46. The number of hydrogen-bond donors (Lipinski definition) is 2. The van der Waals surface area contributed by atoms with Crippen molar-refractivity contribution in [2.24, 2.45) is 0 Å². The summed E-state index contributed by atoms with van der Waals surface area (Å²) in [5.41, 5.74) is 5.40. The Balaban J connectivity index is 1.45. The maximum Gasteiger partial charge on any atom is 0.419 e. The number of nitrogens with one attached hydrogen (secondary N) is 1. The second-order valence-corrected chi connectivity index (χ2v) is 8.30. The molecule has 5 heterocycles. The zero-order chi connectivity index (χ0) is 22.7. The van der Waals surface area contributed by atoms with Gasteiger partial charge < -0.3 is 10.7 Å². The first kappa shape index (κ1) is 20.9. The van der Waals surface area contributed by atoms with Crippen LogP contribution in [0.1, 0.15) is 36.0 Å². The van der Waals surface area contributed by atoms with Crippen molar-refractivity contribution in [3.8, 4) is 11.3 Å². The molecule has 1 saturated heterocycles. The molecule has 3 aromatic rings. The van der Waals surface area contributed by atoms with E-state index in [-0.39, 0.29) is 16.8 Å². The number of pyridine rings is 1. The quantitative estimate of drug-likeness (QED) is 0.589. The van der Waals surface area contributed by atoms with E-state index in [0.29, 0.717) is 31.7 Å². The van der Waals surface area contributed by atoms with Gasteiger partial charge in [0, 0.05) is 54.9 Å². The minimum absolute atomic E-state index is 0.208. The third kappa shape index (κ3) is 3.33. The molecule has 0 aromatic carbocycles. The smallest absolute Gasteiger partial charge is 0.383 e. The molecule has 1 unspecified atom stereocenters. The van der Waals surface area contributed by atoms with Gasteiger partial charge in [-0.25, -0.2) is 18.7 Å². The molecule has 0 bridgehead atoms. The number of fused-ring (bicyclic) bond motifs is 2. The molecular formula is C20H20F5N7. The standard InChI is InChI=1S/C20H20F5N7/c21-16(22)15(18-27-3-4-28-18)31-5-1-19(10-31)2-6-32-14(19)8-13(30-32)11-7-12(20(23,24)25)17(26)29-9-11/h3-4,7-9,15-16H,1-2,5-6,10H2,(H2,26,29)(H,27,28)/t15?,19-/m1/s1. The lowest BCUT2D eigenvalue weighted by Crippen LogP contribution is -2.35. The van der Waals surface area contributed by atoms with Gasteiger partial charge in [-0.2, -0.15) is 18.3 Å². The Bertz CT molecular complexity index is 1120. The summed E-state index contributed by atoms with van der Waals surface area (Å²) in [5.74, 6) is -0.372. The molecule has 1 fully saturated rings. The molecular weight excluding hydrogens is 433 g/mol. The number of halogens is 5. The number of alkyl halides is 5. The van der Waals surface area contributed by atoms with Gasteiger partial charge in [0.25, 0.3) is 6.43 Å². The Hall–Kier alpha value is -3.02. The van der Waals surface area contributed by atoms with Crippen molar-refractivity contribution in [2.45, 2.75) is 43.4 Å².